The third kappa shape index (κ3) is 3.57. The van der Waals surface area contributed by atoms with Crippen molar-refractivity contribution >= 4 is 0 Å². The Labute approximate surface area is 78.9 Å². The summed E-state index contributed by atoms with van der Waals surface area (Å²) in [5.74, 6) is 0. The molecule has 74 valence electrons. The largest absolute Gasteiger partial charge is 0.385 e. The van der Waals surface area contributed by atoms with Gasteiger partial charge in [0.25, 0.3) is 0 Å². The highest BCUT2D eigenvalue weighted by Crippen LogP contribution is 1.94. The molecule has 1 rings (SSSR count). The second-order valence-electron chi connectivity index (χ2n) is 2.97. The van der Waals surface area contributed by atoms with E-state index in [1.807, 2.05) is 24.0 Å². The van der Waals surface area contributed by atoms with Crippen LogP contribution in [0.2, 0.25) is 0 Å². The van der Waals surface area contributed by atoms with Crippen LogP contribution in [0.4, 0.5) is 0 Å². The Hall–Kier alpha value is -0.870. The molecule has 0 spiro atoms. The van der Waals surface area contributed by atoms with Gasteiger partial charge in [0.05, 0.1) is 5.69 Å². The number of hydrogen-bond acceptors (Lipinski definition) is 3. The normalized spacial score (nSPS) is 10.6. The lowest BCUT2D eigenvalue weighted by Gasteiger charge is -2.04. The van der Waals surface area contributed by atoms with Crippen molar-refractivity contribution in [2.45, 2.75) is 13.0 Å². The van der Waals surface area contributed by atoms with E-state index in [2.05, 4.69) is 10.4 Å². The van der Waals surface area contributed by atoms with Crippen molar-refractivity contribution in [3.05, 3.63) is 18.0 Å². The lowest BCUT2D eigenvalue weighted by atomic mass is 10.4. The van der Waals surface area contributed by atoms with Crippen LogP contribution in [0.5, 0.6) is 0 Å². The van der Waals surface area contributed by atoms with E-state index in [1.165, 1.54) is 5.69 Å². The fourth-order valence-corrected chi connectivity index (χ4v) is 1.13. The minimum atomic E-state index is 0.818. The lowest BCUT2D eigenvalue weighted by molar-refractivity contribution is 0.194. The summed E-state index contributed by atoms with van der Waals surface area (Å²) in [5, 5.41) is 7.41. The monoisotopic (exact) mass is 183 g/mol. The van der Waals surface area contributed by atoms with Crippen molar-refractivity contribution in [2.75, 3.05) is 20.3 Å². The van der Waals surface area contributed by atoms with E-state index in [1.54, 1.807) is 7.11 Å². The molecule has 0 aliphatic rings. The van der Waals surface area contributed by atoms with Crippen LogP contribution in [0.15, 0.2) is 12.3 Å². The van der Waals surface area contributed by atoms with Crippen LogP contribution in [0, 0.1) is 0 Å². The van der Waals surface area contributed by atoms with Crippen molar-refractivity contribution in [1.82, 2.24) is 15.1 Å². The van der Waals surface area contributed by atoms with Crippen LogP contribution in [-0.2, 0) is 18.3 Å². The Morgan fingerprint density at radius 1 is 1.62 bits per heavy atom. The molecular formula is C9H17N3O. The molecular weight excluding hydrogens is 166 g/mol. The molecule has 0 bridgehead atoms. The van der Waals surface area contributed by atoms with Crippen LogP contribution in [0.3, 0.4) is 0 Å². The summed E-state index contributed by atoms with van der Waals surface area (Å²) in [6.07, 6.45) is 2.86. The van der Waals surface area contributed by atoms with Gasteiger partial charge in [0, 0.05) is 33.5 Å². The topological polar surface area (TPSA) is 39.1 Å². The van der Waals surface area contributed by atoms with E-state index < -0.39 is 0 Å². The van der Waals surface area contributed by atoms with Gasteiger partial charge in [0.2, 0.25) is 0 Å². The number of methoxy groups -OCH3 is 1. The first-order valence-corrected chi connectivity index (χ1v) is 4.51. The summed E-state index contributed by atoms with van der Waals surface area (Å²) < 4.78 is 6.82. The van der Waals surface area contributed by atoms with Crippen LogP contribution in [0.25, 0.3) is 0 Å². The summed E-state index contributed by atoms with van der Waals surface area (Å²) in [5.41, 5.74) is 1.21. The molecule has 0 saturated carbocycles. The van der Waals surface area contributed by atoms with E-state index in [0.29, 0.717) is 0 Å². The molecule has 4 nitrogen and oxygen atoms in total. The Morgan fingerprint density at radius 3 is 3.08 bits per heavy atom. The van der Waals surface area contributed by atoms with Crippen molar-refractivity contribution in [2.24, 2.45) is 7.05 Å². The number of hydrogen-bond donors (Lipinski definition) is 1. The number of aromatic nitrogens is 2. The van der Waals surface area contributed by atoms with Crippen LogP contribution < -0.4 is 5.32 Å². The quantitative estimate of drug-likeness (QED) is 0.654. The SMILES string of the molecule is COCCCNCc1ccnn1C. The summed E-state index contributed by atoms with van der Waals surface area (Å²) in [4.78, 5) is 0. The summed E-state index contributed by atoms with van der Waals surface area (Å²) in [6.45, 7) is 2.68. The highest BCUT2D eigenvalue weighted by atomic mass is 16.5. The fraction of sp³-hybridized carbons (Fsp3) is 0.667. The van der Waals surface area contributed by atoms with Gasteiger partial charge < -0.3 is 10.1 Å². The standard InChI is InChI=1S/C9H17N3O/c1-12-9(4-6-11-12)8-10-5-3-7-13-2/h4,6,10H,3,5,7-8H2,1-2H3. The molecule has 1 heterocycles. The van der Waals surface area contributed by atoms with Gasteiger partial charge in [0.1, 0.15) is 0 Å². The Balaban J connectivity index is 2.10. The van der Waals surface area contributed by atoms with E-state index in [-0.39, 0.29) is 0 Å². The number of rotatable bonds is 6. The van der Waals surface area contributed by atoms with Gasteiger partial charge in [-0.25, -0.2) is 0 Å². The van der Waals surface area contributed by atoms with Crippen LogP contribution >= 0.6 is 0 Å². The summed E-state index contributed by atoms with van der Waals surface area (Å²) in [7, 11) is 3.67. The van der Waals surface area contributed by atoms with Gasteiger partial charge >= 0.3 is 0 Å². The van der Waals surface area contributed by atoms with Crippen LogP contribution in [-0.4, -0.2) is 30.0 Å². The van der Waals surface area contributed by atoms with E-state index in [9.17, 15) is 0 Å². The average Bonchev–Trinajstić information content (AvgIpc) is 2.52. The number of aryl methyl sites for hydroxylation is 1. The number of ether oxygens (including phenoxy) is 1. The zero-order valence-electron chi connectivity index (χ0n) is 8.29. The van der Waals surface area contributed by atoms with Crippen molar-refractivity contribution in [3.63, 3.8) is 0 Å². The second kappa shape index (κ2) is 5.72. The zero-order valence-corrected chi connectivity index (χ0v) is 8.29. The first-order valence-electron chi connectivity index (χ1n) is 4.51. The molecule has 1 N–H and O–H groups in total. The summed E-state index contributed by atoms with van der Waals surface area (Å²) >= 11 is 0. The van der Waals surface area contributed by atoms with Gasteiger partial charge in [-0.1, -0.05) is 0 Å². The molecule has 0 saturated heterocycles. The van der Waals surface area contributed by atoms with E-state index in [4.69, 9.17) is 4.74 Å². The highest BCUT2D eigenvalue weighted by molar-refractivity contribution is 4.98. The fourth-order valence-electron chi connectivity index (χ4n) is 1.13. The molecule has 0 fully saturated rings. The molecule has 0 radical (unpaired) electrons. The molecule has 1 aromatic heterocycles. The smallest absolute Gasteiger partial charge is 0.0518 e. The Bertz CT molecular complexity index is 235. The van der Waals surface area contributed by atoms with Crippen molar-refractivity contribution in [1.29, 1.82) is 0 Å². The highest BCUT2D eigenvalue weighted by Gasteiger charge is 1.96. The molecule has 0 aromatic carbocycles. The molecule has 0 aliphatic carbocycles. The maximum atomic E-state index is 4.95. The maximum absolute atomic E-state index is 4.95. The van der Waals surface area contributed by atoms with Crippen molar-refractivity contribution < 1.29 is 4.74 Å². The number of nitrogens with one attached hydrogen (secondary N) is 1. The Kier molecular flexibility index (Phi) is 4.49. The third-order valence-electron chi connectivity index (χ3n) is 1.93. The summed E-state index contributed by atoms with van der Waals surface area (Å²) in [6, 6.07) is 2.02. The second-order valence-corrected chi connectivity index (χ2v) is 2.97. The molecule has 0 unspecified atom stereocenters. The number of nitrogens with zero attached hydrogens (tertiary/aromatic N) is 2. The molecule has 0 aliphatic heterocycles. The zero-order chi connectivity index (χ0) is 9.52. The maximum Gasteiger partial charge on any atom is 0.0518 e. The van der Waals surface area contributed by atoms with Crippen molar-refractivity contribution in [3.8, 4) is 0 Å². The predicted octanol–water partition coefficient (Wildman–Crippen LogP) is 0.546. The van der Waals surface area contributed by atoms with Gasteiger partial charge in [-0.3, -0.25) is 4.68 Å². The third-order valence-corrected chi connectivity index (χ3v) is 1.93. The van der Waals surface area contributed by atoms with E-state index >= 15 is 0 Å². The Morgan fingerprint density at radius 2 is 2.46 bits per heavy atom. The van der Waals surface area contributed by atoms with Gasteiger partial charge in [-0.2, -0.15) is 5.10 Å². The van der Waals surface area contributed by atoms with Gasteiger partial charge in [-0.05, 0) is 19.0 Å². The first-order chi connectivity index (χ1) is 6.34. The molecule has 0 amide bonds. The average molecular weight is 183 g/mol. The van der Waals surface area contributed by atoms with Crippen LogP contribution in [0.1, 0.15) is 12.1 Å². The first kappa shape index (κ1) is 10.2. The molecule has 4 heteroatoms. The predicted molar refractivity (Wildman–Crippen MR) is 51.4 cm³/mol. The molecule has 0 atom stereocenters. The van der Waals surface area contributed by atoms with Gasteiger partial charge in [0.15, 0.2) is 0 Å². The minimum absolute atomic E-state index is 0.818. The molecule has 1 aromatic rings. The van der Waals surface area contributed by atoms with E-state index in [0.717, 1.165) is 26.1 Å². The van der Waals surface area contributed by atoms with Gasteiger partial charge in [-0.15, -0.1) is 0 Å². The minimum Gasteiger partial charge on any atom is -0.385 e. The molecule has 13 heavy (non-hydrogen) atoms. The lowest BCUT2D eigenvalue weighted by Crippen LogP contribution is -2.18.